The van der Waals surface area contributed by atoms with Crippen LogP contribution in [-0.2, 0) is 9.59 Å². The predicted molar refractivity (Wildman–Crippen MR) is 65.8 cm³/mol. The standard InChI is InChI=1S/C12H10BrClO2/c13-8-1-2-11(12(14)5-8)7-3-9(15)6-10(16)4-7/h1-2,5,7H,3-4,6H2. The third-order valence-electron chi connectivity index (χ3n) is 2.74. The second kappa shape index (κ2) is 4.68. The lowest BCUT2D eigenvalue weighted by atomic mass is 9.83. The first-order chi connectivity index (χ1) is 7.56. The number of benzene rings is 1. The highest BCUT2D eigenvalue weighted by Crippen LogP contribution is 2.34. The summed E-state index contributed by atoms with van der Waals surface area (Å²) in [6.45, 7) is 0. The van der Waals surface area contributed by atoms with Gasteiger partial charge in [-0.15, -0.1) is 0 Å². The molecule has 1 aliphatic carbocycles. The Morgan fingerprint density at radius 1 is 1.19 bits per heavy atom. The SMILES string of the molecule is O=C1CC(=O)CC(c2ccc(Br)cc2Cl)C1. The number of carbonyl (C=O) groups is 2. The molecule has 0 radical (unpaired) electrons. The van der Waals surface area contributed by atoms with E-state index in [1.54, 1.807) is 6.07 Å². The second-order valence-electron chi connectivity index (χ2n) is 4.03. The molecule has 84 valence electrons. The molecule has 1 aliphatic rings. The Kier molecular flexibility index (Phi) is 3.45. The van der Waals surface area contributed by atoms with Crippen molar-refractivity contribution in [2.45, 2.75) is 25.2 Å². The zero-order chi connectivity index (χ0) is 11.7. The molecule has 2 nitrogen and oxygen atoms in total. The van der Waals surface area contributed by atoms with Gasteiger partial charge in [0.1, 0.15) is 11.6 Å². The normalized spacial score (nSPS) is 17.9. The van der Waals surface area contributed by atoms with Crippen molar-refractivity contribution in [3.05, 3.63) is 33.3 Å². The van der Waals surface area contributed by atoms with Gasteiger partial charge in [-0.2, -0.15) is 0 Å². The first kappa shape index (κ1) is 11.8. The Balaban J connectivity index is 2.29. The fraction of sp³-hybridized carbons (Fsp3) is 0.333. The average Bonchev–Trinajstić information content (AvgIpc) is 2.15. The number of hydrogen-bond acceptors (Lipinski definition) is 2. The van der Waals surface area contributed by atoms with E-state index in [1.165, 1.54) is 0 Å². The lowest BCUT2D eigenvalue weighted by Crippen LogP contribution is -2.21. The van der Waals surface area contributed by atoms with Gasteiger partial charge in [-0.05, 0) is 23.6 Å². The van der Waals surface area contributed by atoms with Gasteiger partial charge >= 0.3 is 0 Å². The molecule has 1 aromatic rings. The van der Waals surface area contributed by atoms with Crippen LogP contribution in [0.25, 0.3) is 0 Å². The smallest absolute Gasteiger partial charge is 0.140 e. The molecule has 1 saturated carbocycles. The van der Waals surface area contributed by atoms with Gasteiger partial charge in [-0.3, -0.25) is 9.59 Å². The Morgan fingerprint density at radius 2 is 1.81 bits per heavy atom. The van der Waals surface area contributed by atoms with Crippen molar-refractivity contribution >= 4 is 39.1 Å². The minimum Gasteiger partial charge on any atom is -0.299 e. The van der Waals surface area contributed by atoms with Crippen molar-refractivity contribution in [1.29, 1.82) is 0 Å². The topological polar surface area (TPSA) is 34.1 Å². The van der Waals surface area contributed by atoms with Crippen LogP contribution < -0.4 is 0 Å². The van der Waals surface area contributed by atoms with Gasteiger partial charge in [-0.25, -0.2) is 0 Å². The molecule has 0 saturated heterocycles. The number of rotatable bonds is 1. The van der Waals surface area contributed by atoms with Gasteiger partial charge in [0.05, 0.1) is 6.42 Å². The van der Waals surface area contributed by atoms with Crippen molar-refractivity contribution in [1.82, 2.24) is 0 Å². The van der Waals surface area contributed by atoms with Crippen molar-refractivity contribution in [3.63, 3.8) is 0 Å². The summed E-state index contributed by atoms with van der Waals surface area (Å²) in [7, 11) is 0. The van der Waals surface area contributed by atoms with Crippen LogP contribution >= 0.6 is 27.5 Å². The molecular formula is C12H10BrClO2. The van der Waals surface area contributed by atoms with Gasteiger partial charge in [0, 0.05) is 22.3 Å². The van der Waals surface area contributed by atoms with Crippen molar-refractivity contribution < 1.29 is 9.59 Å². The molecule has 4 heteroatoms. The zero-order valence-corrected chi connectivity index (χ0v) is 10.8. The van der Waals surface area contributed by atoms with E-state index >= 15 is 0 Å². The molecule has 0 unspecified atom stereocenters. The molecule has 0 aromatic heterocycles. The minimum atomic E-state index is -0.0469. The molecule has 0 amide bonds. The van der Waals surface area contributed by atoms with E-state index in [0.717, 1.165) is 10.0 Å². The molecular weight excluding hydrogens is 291 g/mol. The van der Waals surface area contributed by atoms with Crippen LogP contribution in [0, 0.1) is 0 Å². The first-order valence-electron chi connectivity index (χ1n) is 5.04. The number of Topliss-reactive ketones (excluding diaryl/α,β-unsaturated/α-hetero) is 2. The lowest BCUT2D eigenvalue weighted by molar-refractivity contribution is -0.130. The molecule has 0 bridgehead atoms. The van der Waals surface area contributed by atoms with Gasteiger partial charge < -0.3 is 0 Å². The number of ketones is 2. The molecule has 1 aromatic carbocycles. The van der Waals surface area contributed by atoms with E-state index in [-0.39, 0.29) is 23.9 Å². The van der Waals surface area contributed by atoms with Crippen molar-refractivity contribution in [3.8, 4) is 0 Å². The van der Waals surface area contributed by atoms with Crippen LogP contribution in [-0.4, -0.2) is 11.6 Å². The van der Waals surface area contributed by atoms with E-state index in [1.807, 2.05) is 12.1 Å². The molecule has 0 heterocycles. The summed E-state index contributed by atoms with van der Waals surface area (Å²) < 4.78 is 0.898. The summed E-state index contributed by atoms with van der Waals surface area (Å²) >= 11 is 9.43. The fourth-order valence-corrected chi connectivity index (χ4v) is 2.87. The predicted octanol–water partition coefficient (Wildman–Crippen LogP) is 3.51. The Labute approximate surface area is 107 Å². The van der Waals surface area contributed by atoms with Crippen LogP contribution in [0.15, 0.2) is 22.7 Å². The van der Waals surface area contributed by atoms with Crippen molar-refractivity contribution in [2.75, 3.05) is 0 Å². The van der Waals surface area contributed by atoms with Gasteiger partial charge in [0.2, 0.25) is 0 Å². The van der Waals surface area contributed by atoms with E-state index in [4.69, 9.17) is 11.6 Å². The second-order valence-corrected chi connectivity index (χ2v) is 5.35. The van der Waals surface area contributed by atoms with Gasteiger partial charge in [0.15, 0.2) is 0 Å². The molecule has 0 N–H and O–H groups in total. The molecule has 2 rings (SSSR count). The monoisotopic (exact) mass is 300 g/mol. The number of hydrogen-bond donors (Lipinski definition) is 0. The van der Waals surface area contributed by atoms with E-state index in [2.05, 4.69) is 15.9 Å². The number of halogens is 2. The highest BCUT2D eigenvalue weighted by molar-refractivity contribution is 9.10. The molecule has 1 fully saturated rings. The third kappa shape index (κ3) is 2.53. The van der Waals surface area contributed by atoms with Crippen LogP contribution in [0.3, 0.4) is 0 Å². The summed E-state index contributed by atoms with van der Waals surface area (Å²) in [5.74, 6) is -0.0187. The minimum absolute atomic E-state index is 0.0141. The Hall–Kier alpha value is -0.670. The van der Waals surface area contributed by atoms with E-state index in [0.29, 0.717) is 17.9 Å². The summed E-state index contributed by atoms with van der Waals surface area (Å²) in [5, 5.41) is 0.613. The molecule has 0 spiro atoms. The largest absolute Gasteiger partial charge is 0.299 e. The number of carbonyl (C=O) groups excluding carboxylic acids is 2. The third-order valence-corrected chi connectivity index (χ3v) is 3.57. The maximum atomic E-state index is 11.4. The highest BCUT2D eigenvalue weighted by Gasteiger charge is 2.27. The summed E-state index contributed by atoms with van der Waals surface area (Å²) in [5.41, 5.74) is 0.895. The summed E-state index contributed by atoms with van der Waals surface area (Å²) in [6.07, 6.45) is 0.935. The molecule has 0 atom stereocenters. The summed E-state index contributed by atoms with van der Waals surface area (Å²) in [6, 6.07) is 5.55. The zero-order valence-electron chi connectivity index (χ0n) is 8.50. The first-order valence-corrected chi connectivity index (χ1v) is 6.21. The van der Waals surface area contributed by atoms with Crippen LogP contribution in [0.4, 0.5) is 0 Å². The molecule has 16 heavy (non-hydrogen) atoms. The van der Waals surface area contributed by atoms with Crippen LogP contribution in [0.1, 0.15) is 30.7 Å². The Morgan fingerprint density at radius 3 is 2.38 bits per heavy atom. The van der Waals surface area contributed by atoms with Crippen LogP contribution in [0.2, 0.25) is 5.02 Å². The highest BCUT2D eigenvalue weighted by atomic mass is 79.9. The molecule has 0 aliphatic heterocycles. The maximum Gasteiger partial charge on any atom is 0.140 e. The average molecular weight is 302 g/mol. The van der Waals surface area contributed by atoms with Gasteiger partial charge in [-0.1, -0.05) is 33.6 Å². The van der Waals surface area contributed by atoms with Gasteiger partial charge in [0.25, 0.3) is 0 Å². The fourth-order valence-electron chi connectivity index (χ4n) is 2.04. The van der Waals surface area contributed by atoms with E-state index < -0.39 is 0 Å². The lowest BCUT2D eigenvalue weighted by Gasteiger charge is -2.21. The van der Waals surface area contributed by atoms with Crippen LogP contribution in [0.5, 0.6) is 0 Å². The van der Waals surface area contributed by atoms with E-state index in [9.17, 15) is 9.59 Å². The van der Waals surface area contributed by atoms with Crippen molar-refractivity contribution in [2.24, 2.45) is 0 Å². The maximum absolute atomic E-state index is 11.4. The summed E-state index contributed by atoms with van der Waals surface area (Å²) in [4.78, 5) is 22.7. The quantitative estimate of drug-likeness (QED) is 0.744. The Bertz CT molecular complexity index is 440.